The zero-order valence-corrected chi connectivity index (χ0v) is 24.3. The summed E-state index contributed by atoms with van der Waals surface area (Å²) in [4.78, 5) is 26.8. The SMILES string of the molecule is C[Si]1(C)C2=CC(=[N+]3CCCCC3)C=CC2=C(c2cc(C(=O)[O-])ccc2C(=O)O)c2ccc(N3CCCCC3)cc21. The summed E-state index contributed by atoms with van der Waals surface area (Å²) in [7, 11) is -2.23. The zero-order valence-electron chi connectivity index (χ0n) is 23.3. The molecular formula is C33H36N2O4Si. The van der Waals surface area contributed by atoms with Crippen molar-refractivity contribution in [1.29, 1.82) is 0 Å². The van der Waals surface area contributed by atoms with Crippen molar-refractivity contribution in [3.8, 4) is 0 Å². The second kappa shape index (κ2) is 10.4. The molecule has 2 fully saturated rings. The minimum atomic E-state index is -2.23. The molecular weight excluding hydrogens is 516 g/mol. The molecule has 0 bridgehead atoms. The molecule has 206 valence electrons. The molecule has 0 unspecified atom stereocenters. The van der Waals surface area contributed by atoms with Crippen LogP contribution >= 0.6 is 0 Å². The van der Waals surface area contributed by atoms with Crippen LogP contribution in [0.1, 0.15) is 70.4 Å². The first kappa shape index (κ1) is 26.5. The maximum absolute atomic E-state index is 12.4. The topological polar surface area (TPSA) is 83.7 Å². The van der Waals surface area contributed by atoms with E-state index in [4.69, 9.17) is 0 Å². The number of carboxylic acid groups (broad SMARTS) is 2. The molecule has 0 spiro atoms. The van der Waals surface area contributed by atoms with Crippen molar-refractivity contribution in [3.63, 3.8) is 0 Å². The molecule has 0 aromatic heterocycles. The quantitative estimate of drug-likeness (QED) is 0.455. The Morgan fingerprint density at radius 2 is 1.62 bits per heavy atom. The Morgan fingerprint density at radius 1 is 0.900 bits per heavy atom. The van der Waals surface area contributed by atoms with Gasteiger partial charge in [-0.15, -0.1) is 0 Å². The molecule has 40 heavy (non-hydrogen) atoms. The molecule has 2 aromatic rings. The van der Waals surface area contributed by atoms with Crippen molar-refractivity contribution in [1.82, 2.24) is 0 Å². The first-order valence-electron chi connectivity index (χ1n) is 14.5. The number of carboxylic acids is 2. The minimum absolute atomic E-state index is 0.0208. The lowest BCUT2D eigenvalue weighted by Gasteiger charge is -2.39. The molecule has 0 saturated carbocycles. The van der Waals surface area contributed by atoms with Gasteiger partial charge in [0.2, 0.25) is 0 Å². The Bertz CT molecular complexity index is 1530. The lowest BCUT2D eigenvalue weighted by molar-refractivity contribution is -0.535. The van der Waals surface area contributed by atoms with Gasteiger partial charge in [-0.05, 0) is 94.2 Å². The van der Waals surface area contributed by atoms with E-state index in [1.807, 2.05) is 0 Å². The van der Waals surface area contributed by atoms with E-state index in [9.17, 15) is 19.8 Å². The predicted octanol–water partition coefficient (Wildman–Crippen LogP) is 4.14. The van der Waals surface area contributed by atoms with Crippen LogP contribution < -0.4 is 15.2 Å². The van der Waals surface area contributed by atoms with Crippen LogP contribution in [0.2, 0.25) is 13.1 Å². The van der Waals surface area contributed by atoms with Gasteiger partial charge in [0.25, 0.3) is 0 Å². The highest BCUT2D eigenvalue weighted by molar-refractivity contribution is 6.98. The van der Waals surface area contributed by atoms with Crippen LogP contribution in [0.5, 0.6) is 0 Å². The average Bonchev–Trinajstić information content (AvgIpc) is 2.98. The Morgan fingerprint density at radius 3 is 2.33 bits per heavy atom. The maximum Gasteiger partial charge on any atom is 0.336 e. The number of hydrogen-bond acceptors (Lipinski definition) is 4. The zero-order chi connectivity index (χ0) is 28.0. The highest BCUT2D eigenvalue weighted by Gasteiger charge is 2.41. The fraction of sp³-hybridized carbons (Fsp3) is 0.364. The summed E-state index contributed by atoms with van der Waals surface area (Å²) < 4.78 is 2.47. The Labute approximate surface area is 236 Å². The van der Waals surface area contributed by atoms with Gasteiger partial charge in [0.15, 0.2) is 5.71 Å². The van der Waals surface area contributed by atoms with Crippen LogP contribution in [0.15, 0.2) is 65.4 Å². The molecule has 7 heteroatoms. The average molecular weight is 553 g/mol. The lowest BCUT2D eigenvalue weighted by Crippen LogP contribution is -2.50. The third-order valence-corrected chi connectivity index (χ3v) is 12.6. The van der Waals surface area contributed by atoms with Gasteiger partial charge in [0, 0.05) is 43.8 Å². The number of fused-ring (bicyclic) bond motifs is 2. The van der Waals surface area contributed by atoms with Crippen LogP contribution in [0.4, 0.5) is 5.69 Å². The number of carbonyl (C=O) groups excluding carboxylic acids is 1. The van der Waals surface area contributed by atoms with Crippen LogP contribution in [0.3, 0.4) is 0 Å². The van der Waals surface area contributed by atoms with Gasteiger partial charge < -0.3 is 19.9 Å². The molecule has 0 atom stereocenters. The number of anilines is 1. The molecule has 0 amide bonds. The van der Waals surface area contributed by atoms with Crippen LogP contribution in [-0.4, -0.2) is 61.6 Å². The van der Waals surface area contributed by atoms with Crippen molar-refractivity contribution >= 4 is 42.2 Å². The molecule has 6 nitrogen and oxygen atoms in total. The predicted molar refractivity (Wildman–Crippen MR) is 159 cm³/mol. The van der Waals surface area contributed by atoms with E-state index in [0.717, 1.165) is 42.9 Å². The van der Waals surface area contributed by atoms with Crippen molar-refractivity contribution in [3.05, 3.63) is 87.6 Å². The molecule has 3 aliphatic heterocycles. The number of benzene rings is 2. The van der Waals surface area contributed by atoms with Crippen molar-refractivity contribution in [2.45, 2.75) is 51.6 Å². The van der Waals surface area contributed by atoms with Gasteiger partial charge in [-0.2, -0.15) is 0 Å². The number of nitrogens with zero attached hydrogens (tertiary/aromatic N) is 2. The molecule has 4 aliphatic rings. The number of piperidine rings is 2. The smallest absolute Gasteiger partial charge is 0.336 e. The van der Waals surface area contributed by atoms with E-state index < -0.39 is 20.0 Å². The number of aromatic carboxylic acids is 2. The van der Waals surface area contributed by atoms with Crippen molar-refractivity contribution in [2.24, 2.45) is 0 Å². The highest BCUT2D eigenvalue weighted by atomic mass is 28.3. The normalized spacial score (nSPS) is 20.1. The van der Waals surface area contributed by atoms with E-state index in [0.29, 0.717) is 5.56 Å². The van der Waals surface area contributed by atoms with Gasteiger partial charge in [0.1, 0.15) is 21.2 Å². The Hall–Kier alpha value is -3.71. The molecule has 2 aromatic carbocycles. The van der Waals surface area contributed by atoms with Crippen molar-refractivity contribution in [2.75, 3.05) is 31.1 Å². The molecule has 1 aliphatic carbocycles. The van der Waals surface area contributed by atoms with Crippen LogP contribution in [-0.2, 0) is 0 Å². The fourth-order valence-electron chi connectivity index (χ4n) is 6.88. The minimum Gasteiger partial charge on any atom is -0.545 e. The number of allylic oxidation sites excluding steroid dienone is 5. The standard InChI is InChI=1S/C33H36N2O4Si/c1-40(2)29-20-23(34-15-5-3-6-16-34)10-13-26(29)31(28-19-22(32(36)37)9-12-25(28)33(38)39)27-14-11-24(21-30(27)40)35-17-7-4-8-18-35/h9-14,19-21H,3-8,15-18H2,1-2H3,(H-,36,37,38,39). The molecule has 2 saturated heterocycles. The number of hydrogen-bond donors (Lipinski definition) is 1. The second-order valence-corrected chi connectivity index (χ2v) is 16.2. The molecule has 6 rings (SSSR count). The monoisotopic (exact) mass is 552 g/mol. The first-order chi connectivity index (χ1) is 19.3. The summed E-state index contributed by atoms with van der Waals surface area (Å²) in [6.45, 7) is 8.95. The van der Waals surface area contributed by atoms with Gasteiger partial charge in [0.05, 0.1) is 11.5 Å². The Balaban J connectivity index is 1.63. The summed E-state index contributed by atoms with van der Waals surface area (Å²) in [5.74, 6) is -2.39. The summed E-state index contributed by atoms with van der Waals surface area (Å²) in [5, 5.41) is 24.6. The largest absolute Gasteiger partial charge is 0.545 e. The Kier molecular flexibility index (Phi) is 6.86. The van der Waals surface area contributed by atoms with E-state index in [2.05, 4.69) is 59.0 Å². The van der Waals surface area contributed by atoms with Gasteiger partial charge >= 0.3 is 5.97 Å². The van der Waals surface area contributed by atoms with Gasteiger partial charge in [-0.1, -0.05) is 25.2 Å². The summed E-state index contributed by atoms with van der Waals surface area (Å²) in [6, 6.07) is 10.8. The lowest BCUT2D eigenvalue weighted by atomic mass is 9.86. The number of carbonyl (C=O) groups is 2. The van der Waals surface area contributed by atoms with Crippen LogP contribution in [0, 0.1) is 0 Å². The van der Waals surface area contributed by atoms with E-state index in [1.165, 1.54) is 78.5 Å². The molecule has 1 N–H and O–H groups in total. The van der Waals surface area contributed by atoms with Crippen LogP contribution in [0.25, 0.3) is 5.57 Å². The molecule has 3 heterocycles. The third kappa shape index (κ3) is 4.56. The fourth-order valence-corrected chi connectivity index (χ4v) is 9.95. The maximum atomic E-state index is 12.4. The van der Waals surface area contributed by atoms with E-state index in [-0.39, 0.29) is 11.1 Å². The summed E-state index contributed by atoms with van der Waals surface area (Å²) in [5.41, 5.74) is 5.76. The molecule has 0 radical (unpaired) electrons. The summed E-state index contributed by atoms with van der Waals surface area (Å²) >= 11 is 0. The second-order valence-electron chi connectivity index (χ2n) is 11.9. The first-order valence-corrected chi connectivity index (χ1v) is 17.5. The highest BCUT2D eigenvalue weighted by Crippen LogP contribution is 2.43. The van der Waals surface area contributed by atoms with Gasteiger partial charge in [-0.25, -0.2) is 9.37 Å². The number of rotatable bonds is 4. The van der Waals surface area contributed by atoms with E-state index in [1.54, 1.807) is 0 Å². The summed E-state index contributed by atoms with van der Waals surface area (Å²) in [6.07, 6.45) is 13.9. The van der Waals surface area contributed by atoms with Gasteiger partial charge in [-0.3, -0.25) is 0 Å². The third-order valence-electron chi connectivity index (χ3n) is 9.09. The van der Waals surface area contributed by atoms with Crippen molar-refractivity contribution < 1.29 is 24.4 Å². The van der Waals surface area contributed by atoms with E-state index >= 15 is 0 Å².